The summed E-state index contributed by atoms with van der Waals surface area (Å²) in [6.07, 6.45) is 0. The Morgan fingerprint density at radius 3 is 2.37 bits per heavy atom. The molecule has 2 aromatic rings. The minimum absolute atomic E-state index is 0.136. The van der Waals surface area contributed by atoms with Gasteiger partial charge in [0.05, 0.1) is 11.3 Å². The van der Waals surface area contributed by atoms with Gasteiger partial charge in [-0.2, -0.15) is 0 Å². The van der Waals surface area contributed by atoms with Crippen molar-refractivity contribution in [2.45, 2.75) is 6.92 Å². The third-order valence-electron chi connectivity index (χ3n) is 2.35. The van der Waals surface area contributed by atoms with E-state index in [1.54, 1.807) is 25.1 Å². The summed E-state index contributed by atoms with van der Waals surface area (Å²) in [5.41, 5.74) is 0.509. The van der Waals surface area contributed by atoms with Crippen molar-refractivity contribution in [3.63, 3.8) is 0 Å². The average Bonchev–Trinajstić information content (AvgIpc) is 2.26. The maximum atomic E-state index is 10.9. The number of carboxylic acids is 1. The highest BCUT2D eigenvalue weighted by Crippen LogP contribution is 2.27. The van der Waals surface area contributed by atoms with Gasteiger partial charge in [-0.15, -0.1) is 0 Å². The molecule has 2 rings (SSSR count). The second-order valence-electron chi connectivity index (χ2n) is 3.79. The van der Waals surface area contributed by atoms with Crippen LogP contribution in [-0.2, 0) is 0 Å². The highest BCUT2D eigenvalue weighted by Gasteiger charge is 2.10. The second kappa shape index (κ2) is 5.47. The summed E-state index contributed by atoms with van der Waals surface area (Å²) in [6.45, 7) is 1.60. The summed E-state index contributed by atoms with van der Waals surface area (Å²) >= 11 is 11.7. The van der Waals surface area contributed by atoms with E-state index in [2.05, 4.69) is 4.98 Å². The van der Waals surface area contributed by atoms with Crippen LogP contribution in [0.15, 0.2) is 30.3 Å². The minimum Gasteiger partial charge on any atom is -0.478 e. The summed E-state index contributed by atoms with van der Waals surface area (Å²) in [5.74, 6) is -0.310. The van der Waals surface area contributed by atoms with Gasteiger partial charge in [-0.3, -0.25) is 0 Å². The van der Waals surface area contributed by atoms with Gasteiger partial charge in [0.15, 0.2) is 0 Å². The molecule has 98 valence electrons. The number of hydrogen-bond donors (Lipinski definition) is 1. The Kier molecular flexibility index (Phi) is 3.93. The molecule has 1 N–H and O–H groups in total. The molecular formula is C13H9Cl2NO3. The van der Waals surface area contributed by atoms with E-state index in [0.717, 1.165) is 0 Å². The summed E-state index contributed by atoms with van der Waals surface area (Å²) in [6, 6.07) is 7.69. The fraction of sp³-hybridized carbons (Fsp3) is 0.0769. The van der Waals surface area contributed by atoms with Crippen LogP contribution < -0.4 is 4.74 Å². The Morgan fingerprint density at radius 2 is 1.84 bits per heavy atom. The van der Waals surface area contributed by atoms with Crippen LogP contribution in [0.2, 0.25) is 10.0 Å². The summed E-state index contributed by atoms with van der Waals surface area (Å²) in [4.78, 5) is 14.9. The number of ether oxygens (including phenoxy) is 1. The molecule has 0 amide bonds. The van der Waals surface area contributed by atoms with E-state index in [9.17, 15) is 4.79 Å². The number of pyridine rings is 1. The normalized spacial score (nSPS) is 10.3. The van der Waals surface area contributed by atoms with Crippen molar-refractivity contribution in [1.29, 1.82) is 0 Å². The number of aromatic carboxylic acids is 1. The first-order valence-electron chi connectivity index (χ1n) is 5.30. The average molecular weight is 298 g/mol. The van der Waals surface area contributed by atoms with Gasteiger partial charge in [-0.1, -0.05) is 23.2 Å². The van der Waals surface area contributed by atoms with Gasteiger partial charge in [0.25, 0.3) is 0 Å². The maximum Gasteiger partial charge on any atom is 0.337 e. The third kappa shape index (κ3) is 3.36. The standard InChI is InChI=1S/C13H9Cl2NO3/c1-7-11(13(17)18)2-3-12(16-7)19-10-5-8(14)4-9(15)6-10/h2-6H,1H3,(H,17,18). The van der Waals surface area contributed by atoms with Crippen LogP contribution in [0.3, 0.4) is 0 Å². The molecule has 0 aliphatic heterocycles. The largest absolute Gasteiger partial charge is 0.478 e. The van der Waals surface area contributed by atoms with Crippen LogP contribution in [0.1, 0.15) is 16.1 Å². The van der Waals surface area contributed by atoms with Gasteiger partial charge in [-0.05, 0) is 31.2 Å². The number of hydrogen-bond acceptors (Lipinski definition) is 3. The zero-order valence-electron chi connectivity index (χ0n) is 9.85. The predicted molar refractivity (Wildman–Crippen MR) is 72.5 cm³/mol. The van der Waals surface area contributed by atoms with Crippen molar-refractivity contribution in [2.24, 2.45) is 0 Å². The van der Waals surface area contributed by atoms with Crippen molar-refractivity contribution >= 4 is 29.2 Å². The van der Waals surface area contributed by atoms with Crippen molar-refractivity contribution in [3.8, 4) is 11.6 Å². The highest BCUT2D eigenvalue weighted by molar-refractivity contribution is 6.34. The van der Waals surface area contributed by atoms with Crippen LogP contribution in [0, 0.1) is 6.92 Å². The van der Waals surface area contributed by atoms with E-state index in [1.165, 1.54) is 12.1 Å². The van der Waals surface area contributed by atoms with Gasteiger partial charge in [0, 0.05) is 16.1 Å². The Bertz CT molecular complexity index is 624. The van der Waals surface area contributed by atoms with Gasteiger partial charge in [-0.25, -0.2) is 9.78 Å². The zero-order valence-corrected chi connectivity index (χ0v) is 11.4. The van der Waals surface area contributed by atoms with E-state index >= 15 is 0 Å². The van der Waals surface area contributed by atoms with Gasteiger partial charge in [0.2, 0.25) is 5.88 Å². The molecule has 1 aromatic carbocycles. The Morgan fingerprint density at radius 1 is 1.21 bits per heavy atom. The summed E-state index contributed by atoms with van der Waals surface area (Å²) in [5, 5.41) is 9.79. The lowest BCUT2D eigenvalue weighted by molar-refractivity contribution is 0.0695. The number of benzene rings is 1. The number of aryl methyl sites for hydroxylation is 1. The molecule has 1 aromatic heterocycles. The van der Waals surface area contributed by atoms with Crippen LogP contribution in [0.25, 0.3) is 0 Å². The van der Waals surface area contributed by atoms with Crippen molar-refractivity contribution in [3.05, 3.63) is 51.6 Å². The van der Waals surface area contributed by atoms with E-state index < -0.39 is 5.97 Å². The molecule has 0 saturated heterocycles. The van der Waals surface area contributed by atoms with Crippen molar-refractivity contribution in [2.75, 3.05) is 0 Å². The molecule has 0 radical (unpaired) electrons. The monoisotopic (exact) mass is 297 g/mol. The van der Waals surface area contributed by atoms with Crippen LogP contribution in [0.5, 0.6) is 11.6 Å². The molecule has 4 nitrogen and oxygen atoms in total. The van der Waals surface area contributed by atoms with Crippen LogP contribution >= 0.6 is 23.2 Å². The molecule has 0 aliphatic carbocycles. The Balaban J connectivity index is 2.28. The molecule has 0 bridgehead atoms. The van der Waals surface area contributed by atoms with Gasteiger partial charge in [0.1, 0.15) is 5.75 Å². The van der Waals surface area contributed by atoms with E-state index in [0.29, 0.717) is 21.5 Å². The zero-order chi connectivity index (χ0) is 14.0. The van der Waals surface area contributed by atoms with Gasteiger partial charge < -0.3 is 9.84 Å². The lowest BCUT2D eigenvalue weighted by Crippen LogP contribution is -2.02. The second-order valence-corrected chi connectivity index (χ2v) is 4.67. The smallest absolute Gasteiger partial charge is 0.337 e. The first-order chi connectivity index (χ1) is 8.95. The van der Waals surface area contributed by atoms with Crippen molar-refractivity contribution in [1.82, 2.24) is 4.98 Å². The number of carbonyl (C=O) groups is 1. The minimum atomic E-state index is -1.03. The summed E-state index contributed by atoms with van der Waals surface area (Å²) < 4.78 is 5.48. The molecule has 1 heterocycles. The molecule has 6 heteroatoms. The third-order valence-corrected chi connectivity index (χ3v) is 2.79. The molecular weight excluding hydrogens is 289 g/mol. The number of halogens is 2. The number of aromatic nitrogens is 1. The Labute approximate surface area is 119 Å². The lowest BCUT2D eigenvalue weighted by atomic mass is 10.2. The van der Waals surface area contributed by atoms with Crippen LogP contribution in [-0.4, -0.2) is 16.1 Å². The molecule has 0 saturated carbocycles. The topological polar surface area (TPSA) is 59.4 Å². The molecule has 0 atom stereocenters. The maximum absolute atomic E-state index is 10.9. The summed E-state index contributed by atoms with van der Waals surface area (Å²) in [7, 11) is 0. The number of rotatable bonds is 3. The molecule has 0 unspecified atom stereocenters. The fourth-order valence-electron chi connectivity index (χ4n) is 1.53. The van der Waals surface area contributed by atoms with E-state index in [4.69, 9.17) is 33.0 Å². The first kappa shape index (κ1) is 13.6. The lowest BCUT2D eigenvalue weighted by Gasteiger charge is -2.07. The SMILES string of the molecule is Cc1nc(Oc2cc(Cl)cc(Cl)c2)ccc1C(=O)O. The van der Waals surface area contributed by atoms with E-state index in [-0.39, 0.29) is 11.4 Å². The molecule has 0 aliphatic rings. The fourth-order valence-corrected chi connectivity index (χ4v) is 2.04. The number of nitrogens with zero attached hydrogens (tertiary/aromatic N) is 1. The molecule has 0 fully saturated rings. The van der Waals surface area contributed by atoms with Crippen LogP contribution in [0.4, 0.5) is 0 Å². The first-order valence-corrected chi connectivity index (χ1v) is 6.06. The van der Waals surface area contributed by atoms with E-state index in [1.807, 2.05) is 0 Å². The van der Waals surface area contributed by atoms with Gasteiger partial charge >= 0.3 is 5.97 Å². The number of carboxylic acid groups (broad SMARTS) is 1. The quantitative estimate of drug-likeness (QED) is 0.923. The predicted octanol–water partition coefficient (Wildman–Crippen LogP) is 4.19. The molecule has 19 heavy (non-hydrogen) atoms. The molecule has 0 spiro atoms. The van der Waals surface area contributed by atoms with Crippen molar-refractivity contribution < 1.29 is 14.6 Å². The Hall–Kier alpha value is -1.78. The highest BCUT2D eigenvalue weighted by atomic mass is 35.5.